The zero-order valence-electron chi connectivity index (χ0n) is 9.23. The Labute approximate surface area is 90.2 Å². The molecule has 0 saturated carbocycles. The lowest BCUT2D eigenvalue weighted by atomic mass is 10.2. The molecule has 0 aromatic rings. The molecule has 0 N–H and O–H groups in total. The van der Waals surface area contributed by atoms with Crippen molar-refractivity contribution in [1.29, 1.82) is 0 Å². The van der Waals surface area contributed by atoms with Crippen LogP contribution in [0.2, 0.25) is 0 Å². The second kappa shape index (κ2) is 6.24. The fourth-order valence-electron chi connectivity index (χ4n) is 1.29. The van der Waals surface area contributed by atoms with Crippen molar-refractivity contribution in [2.45, 2.75) is 6.92 Å². The van der Waals surface area contributed by atoms with E-state index in [9.17, 15) is 4.79 Å². The number of likely N-dealkylation sites (N-methyl/N-ethyl adjacent to an activating group) is 1. The van der Waals surface area contributed by atoms with E-state index in [-0.39, 0.29) is 5.97 Å². The van der Waals surface area contributed by atoms with Crippen molar-refractivity contribution in [2.24, 2.45) is 0 Å². The second-order valence-corrected chi connectivity index (χ2v) is 3.50. The van der Waals surface area contributed by atoms with Crippen molar-refractivity contribution in [1.82, 2.24) is 4.90 Å². The van der Waals surface area contributed by atoms with Gasteiger partial charge in [-0.25, -0.2) is 0 Å². The van der Waals surface area contributed by atoms with Gasteiger partial charge >= 0.3 is 5.97 Å². The Kier molecular flexibility index (Phi) is 4.90. The maximum Gasteiger partial charge on any atom is 0.302 e. The van der Waals surface area contributed by atoms with Crippen LogP contribution >= 0.6 is 0 Å². The molecule has 0 radical (unpaired) electrons. The standard InChI is InChI=1S/C11H17NO3/c1-10(13)15-7-6-14-9-11-4-3-5-12(2)8-11/h3-4,9H,5-8H2,1-2H3/b11-9+. The van der Waals surface area contributed by atoms with Crippen LogP contribution in [0, 0.1) is 0 Å². The molecule has 0 amide bonds. The fraction of sp³-hybridized carbons (Fsp3) is 0.545. The van der Waals surface area contributed by atoms with E-state index in [4.69, 9.17) is 9.47 Å². The van der Waals surface area contributed by atoms with Crippen LogP contribution in [0.4, 0.5) is 0 Å². The zero-order chi connectivity index (χ0) is 11.1. The maximum atomic E-state index is 10.4. The number of hydrogen-bond acceptors (Lipinski definition) is 4. The molecule has 0 bridgehead atoms. The Morgan fingerprint density at radius 1 is 1.60 bits per heavy atom. The van der Waals surface area contributed by atoms with Crippen LogP contribution in [0.3, 0.4) is 0 Å². The first-order chi connectivity index (χ1) is 7.18. The van der Waals surface area contributed by atoms with Crippen molar-refractivity contribution < 1.29 is 14.3 Å². The molecular weight excluding hydrogens is 194 g/mol. The summed E-state index contributed by atoms with van der Waals surface area (Å²) in [6.07, 6.45) is 5.85. The summed E-state index contributed by atoms with van der Waals surface area (Å²) in [4.78, 5) is 12.6. The maximum absolute atomic E-state index is 10.4. The molecule has 0 atom stereocenters. The van der Waals surface area contributed by atoms with Crippen molar-refractivity contribution in [3.8, 4) is 0 Å². The van der Waals surface area contributed by atoms with Gasteiger partial charge in [-0.1, -0.05) is 12.2 Å². The van der Waals surface area contributed by atoms with E-state index in [0.29, 0.717) is 13.2 Å². The lowest BCUT2D eigenvalue weighted by Gasteiger charge is -2.19. The minimum atomic E-state index is -0.274. The van der Waals surface area contributed by atoms with Crippen LogP contribution in [-0.2, 0) is 14.3 Å². The Morgan fingerprint density at radius 2 is 2.40 bits per heavy atom. The number of nitrogens with zero attached hydrogens (tertiary/aromatic N) is 1. The molecule has 1 aliphatic rings. The number of esters is 1. The lowest BCUT2D eigenvalue weighted by molar-refractivity contribution is -0.141. The molecular formula is C11H17NO3. The van der Waals surface area contributed by atoms with Crippen molar-refractivity contribution in [3.05, 3.63) is 24.0 Å². The zero-order valence-corrected chi connectivity index (χ0v) is 9.23. The van der Waals surface area contributed by atoms with Crippen LogP contribution in [-0.4, -0.2) is 44.2 Å². The van der Waals surface area contributed by atoms with Crippen molar-refractivity contribution >= 4 is 5.97 Å². The SMILES string of the molecule is CC(=O)OCCO/C=C1\C=CCN(C)C1. The number of carbonyl (C=O) groups excluding carboxylic acids is 1. The largest absolute Gasteiger partial charge is 0.497 e. The predicted octanol–water partition coefficient (Wildman–Crippen LogP) is 0.952. The number of carbonyl (C=O) groups is 1. The van der Waals surface area contributed by atoms with E-state index >= 15 is 0 Å². The summed E-state index contributed by atoms with van der Waals surface area (Å²) < 4.78 is 9.99. The molecule has 0 unspecified atom stereocenters. The third-order valence-corrected chi connectivity index (χ3v) is 1.94. The minimum absolute atomic E-state index is 0.274. The topological polar surface area (TPSA) is 38.8 Å². The summed E-state index contributed by atoms with van der Waals surface area (Å²) in [5, 5.41) is 0. The van der Waals surface area contributed by atoms with E-state index in [1.807, 2.05) is 6.08 Å². The van der Waals surface area contributed by atoms with Gasteiger partial charge in [0.15, 0.2) is 0 Å². The summed E-state index contributed by atoms with van der Waals surface area (Å²) >= 11 is 0. The quantitative estimate of drug-likeness (QED) is 0.394. The summed E-state index contributed by atoms with van der Waals surface area (Å²) in [7, 11) is 2.05. The predicted molar refractivity (Wildman–Crippen MR) is 57.3 cm³/mol. The minimum Gasteiger partial charge on any atom is -0.497 e. The molecule has 4 nitrogen and oxygen atoms in total. The van der Waals surface area contributed by atoms with Crippen LogP contribution in [0.1, 0.15) is 6.92 Å². The second-order valence-electron chi connectivity index (χ2n) is 3.50. The summed E-state index contributed by atoms with van der Waals surface area (Å²) in [5.74, 6) is -0.274. The number of rotatable bonds is 4. The molecule has 1 aliphatic heterocycles. The van der Waals surface area contributed by atoms with E-state index < -0.39 is 0 Å². The van der Waals surface area contributed by atoms with E-state index in [0.717, 1.165) is 18.7 Å². The van der Waals surface area contributed by atoms with Crippen LogP contribution in [0.15, 0.2) is 24.0 Å². The average molecular weight is 211 g/mol. The van der Waals surface area contributed by atoms with Gasteiger partial charge < -0.3 is 9.47 Å². The summed E-state index contributed by atoms with van der Waals surface area (Å²) in [5.41, 5.74) is 1.13. The van der Waals surface area contributed by atoms with Crippen LogP contribution in [0.5, 0.6) is 0 Å². The highest BCUT2D eigenvalue weighted by molar-refractivity contribution is 5.65. The number of ether oxygens (including phenoxy) is 2. The normalized spacial score (nSPS) is 19.2. The van der Waals surface area contributed by atoms with E-state index in [2.05, 4.69) is 18.0 Å². The first-order valence-corrected chi connectivity index (χ1v) is 4.97. The summed E-state index contributed by atoms with van der Waals surface area (Å²) in [6.45, 7) is 3.96. The van der Waals surface area contributed by atoms with E-state index in [1.165, 1.54) is 6.92 Å². The van der Waals surface area contributed by atoms with Gasteiger partial charge in [0.05, 0.1) is 6.26 Å². The average Bonchev–Trinajstić information content (AvgIpc) is 2.17. The first-order valence-electron chi connectivity index (χ1n) is 4.97. The molecule has 0 aromatic heterocycles. The van der Waals surface area contributed by atoms with Gasteiger partial charge in [0.2, 0.25) is 0 Å². The van der Waals surface area contributed by atoms with Gasteiger partial charge in [-0.3, -0.25) is 9.69 Å². The van der Waals surface area contributed by atoms with Gasteiger partial charge in [-0.15, -0.1) is 0 Å². The molecule has 1 heterocycles. The van der Waals surface area contributed by atoms with Crippen LogP contribution in [0.25, 0.3) is 0 Å². The first kappa shape index (κ1) is 11.8. The molecule has 1 rings (SSSR count). The Hall–Kier alpha value is -1.29. The smallest absolute Gasteiger partial charge is 0.302 e. The molecule has 0 aliphatic carbocycles. The van der Waals surface area contributed by atoms with Gasteiger partial charge in [-0.2, -0.15) is 0 Å². The van der Waals surface area contributed by atoms with Crippen molar-refractivity contribution in [2.75, 3.05) is 33.4 Å². The molecule has 15 heavy (non-hydrogen) atoms. The Balaban J connectivity index is 2.17. The molecule has 0 spiro atoms. The highest BCUT2D eigenvalue weighted by Crippen LogP contribution is 2.05. The molecule has 84 valence electrons. The molecule has 0 saturated heterocycles. The van der Waals surface area contributed by atoms with E-state index in [1.54, 1.807) is 6.26 Å². The monoisotopic (exact) mass is 211 g/mol. The molecule has 0 aromatic carbocycles. The van der Waals surface area contributed by atoms with Crippen molar-refractivity contribution in [3.63, 3.8) is 0 Å². The van der Waals surface area contributed by atoms with Gasteiger partial charge in [0.25, 0.3) is 0 Å². The fourth-order valence-corrected chi connectivity index (χ4v) is 1.29. The highest BCUT2D eigenvalue weighted by Gasteiger charge is 2.04. The van der Waals surface area contributed by atoms with Gasteiger partial charge in [0.1, 0.15) is 13.2 Å². The Bertz CT molecular complexity index is 271. The highest BCUT2D eigenvalue weighted by atomic mass is 16.6. The van der Waals surface area contributed by atoms with Gasteiger partial charge in [-0.05, 0) is 7.05 Å². The molecule has 4 heteroatoms. The van der Waals surface area contributed by atoms with Crippen LogP contribution < -0.4 is 0 Å². The van der Waals surface area contributed by atoms with Gasteiger partial charge in [0, 0.05) is 25.6 Å². The third kappa shape index (κ3) is 5.22. The Morgan fingerprint density at radius 3 is 3.07 bits per heavy atom. The lowest BCUT2D eigenvalue weighted by Crippen LogP contribution is -2.23. The molecule has 0 fully saturated rings. The third-order valence-electron chi connectivity index (χ3n) is 1.94. The summed E-state index contributed by atoms with van der Waals surface area (Å²) in [6, 6.07) is 0. The number of hydrogen-bond donors (Lipinski definition) is 0.